The van der Waals surface area contributed by atoms with Gasteiger partial charge in [0.15, 0.2) is 0 Å². The van der Waals surface area contributed by atoms with E-state index in [0.29, 0.717) is 5.69 Å². The van der Waals surface area contributed by atoms with Crippen molar-refractivity contribution >= 4 is 17.4 Å². The third-order valence-corrected chi connectivity index (χ3v) is 5.19. The maximum Gasteiger partial charge on any atom is 0.416 e. The molecule has 1 aromatic heterocycles. The van der Waals surface area contributed by atoms with E-state index < -0.39 is 22.2 Å². The van der Waals surface area contributed by atoms with Crippen molar-refractivity contribution in [2.75, 3.05) is 0 Å². The number of halogens is 3. The van der Waals surface area contributed by atoms with Gasteiger partial charge in [0.05, 0.1) is 15.4 Å². The topological polar surface area (TPSA) is 99.8 Å². The molecule has 3 aromatic rings. The minimum atomic E-state index is -4.53. The number of aryl methyl sites for hydroxylation is 1. The number of H-pyrrole nitrogens is 1. The molecule has 10 heteroatoms. The quantitative estimate of drug-likeness (QED) is 0.446. The van der Waals surface area contributed by atoms with Gasteiger partial charge in [-0.25, -0.2) is 0 Å². The summed E-state index contributed by atoms with van der Waals surface area (Å²) in [6.45, 7) is 1.61. The lowest BCUT2D eigenvalue weighted by Gasteiger charge is -2.10. The molecule has 0 saturated heterocycles. The number of nitro groups is 1. The molecule has 0 aliphatic carbocycles. The smallest absolute Gasteiger partial charge is 0.325 e. The van der Waals surface area contributed by atoms with Crippen molar-refractivity contribution in [2.24, 2.45) is 0 Å². The summed E-state index contributed by atoms with van der Waals surface area (Å²) in [4.78, 5) is 25.7. The van der Waals surface area contributed by atoms with Gasteiger partial charge in [0.2, 0.25) is 0 Å². The molecule has 0 amide bonds. The van der Waals surface area contributed by atoms with Gasteiger partial charge in [-0.05, 0) is 42.8 Å². The first kappa shape index (κ1) is 21.1. The molecule has 0 fully saturated rings. The zero-order valence-electron chi connectivity index (χ0n) is 15.3. The van der Waals surface area contributed by atoms with Crippen LogP contribution in [0.3, 0.4) is 0 Å². The van der Waals surface area contributed by atoms with Crippen LogP contribution in [0.25, 0.3) is 11.1 Å². The van der Waals surface area contributed by atoms with Crippen LogP contribution in [0.1, 0.15) is 16.8 Å². The third-order valence-electron chi connectivity index (χ3n) is 4.14. The van der Waals surface area contributed by atoms with Crippen LogP contribution in [0.15, 0.2) is 63.1 Å². The Morgan fingerprint density at radius 3 is 2.53 bits per heavy atom. The number of alkyl halides is 3. The lowest BCUT2D eigenvalue weighted by molar-refractivity contribution is -0.387. The van der Waals surface area contributed by atoms with Gasteiger partial charge in [-0.15, -0.1) is 0 Å². The van der Waals surface area contributed by atoms with Gasteiger partial charge in [-0.1, -0.05) is 23.9 Å². The number of pyridine rings is 1. The number of hydrogen-bond donors (Lipinski definition) is 1. The molecule has 3 rings (SSSR count). The van der Waals surface area contributed by atoms with Crippen molar-refractivity contribution in [3.63, 3.8) is 0 Å². The predicted octanol–water partition coefficient (Wildman–Crippen LogP) is 5.30. The third kappa shape index (κ3) is 4.36. The van der Waals surface area contributed by atoms with Crippen LogP contribution in [0, 0.1) is 28.4 Å². The fourth-order valence-corrected chi connectivity index (χ4v) is 3.76. The monoisotopic (exact) mass is 431 g/mol. The largest absolute Gasteiger partial charge is 0.416 e. The minimum Gasteiger partial charge on any atom is -0.325 e. The minimum absolute atomic E-state index is 0.128. The summed E-state index contributed by atoms with van der Waals surface area (Å²) in [6.07, 6.45) is -4.53. The van der Waals surface area contributed by atoms with Gasteiger partial charge in [-0.3, -0.25) is 14.9 Å². The van der Waals surface area contributed by atoms with Gasteiger partial charge in [-0.2, -0.15) is 18.4 Å². The molecule has 0 bridgehead atoms. The first-order chi connectivity index (χ1) is 14.1. The standard InChI is InChI=1S/C20H12F3N3O3S/c1-11-7-15(16(10-24)19(27)25-11)12-5-6-18(17(8-12)26(28)29)30-14-4-2-3-13(9-14)20(21,22)23/h2-9H,1H3,(H,25,27). The number of aromatic amines is 1. The molecule has 0 saturated carbocycles. The maximum absolute atomic E-state index is 12.9. The van der Waals surface area contributed by atoms with Crippen molar-refractivity contribution in [1.82, 2.24) is 4.98 Å². The Kier molecular flexibility index (Phi) is 5.67. The van der Waals surface area contributed by atoms with E-state index in [9.17, 15) is 33.3 Å². The van der Waals surface area contributed by atoms with Crippen LogP contribution >= 0.6 is 11.8 Å². The number of hydrogen-bond acceptors (Lipinski definition) is 5. The van der Waals surface area contributed by atoms with Crippen LogP contribution in [0.5, 0.6) is 0 Å². The highest BCUT2D eigenvalue weighted by atomic mass is 32.2. The highest BCUT2D eigenvalue weighted by Gasteiger charge is 2.30. The van der Waals surface area contributed by atoms with E-state index in [0.717, 1.165) is 23.9 Å². The van der Waals surface area contributed by atoms with Crippen molar-refractivity contribution in [2.45, 2.75) is 22.9 Å². The molecule has 152 valence electrons. The summed E-state index contributed by atoms with van der Waals surface area (Å²) in [5, 5.41) is 20.9. The van der Waals surface area contributed by atoms with E-state index in [-0.39, 0.29) is 32.2 Å². The average molecular weight is 431 g/mol. The highest BCUT2D eigenvalue weighted by molar-refractivity contribution is 7.99. The highest BCUT2D eigenvalue weighted by Crippen LogP contribution is 2.39. The van der Waals surface area contributed by atoms with Gasteiger partial charge in [0.1, 0.15) is 11.6 Å². The Morgan fingerprint density at radius 1 is 1.17 bits per heavy atom. The van der Waals surface area contributed by atoms with Gasteiger partial charge >= 0.3 is 6.18 Å². The van der Waals surface area contributed by atoms with Crippen LogP contribution in [-0.2, 0) is 6.18 Å². The molecule has 6 nitrogen and oxygen atoms in total. The van der Waals surface area contributed by atoms with Crippen molar-refractivity contribution < 1.29 is 18.1 Å². The van der Waals surface area contributed by atoms with Crippen LogP contribution in [-0.4, -0.2) is 9.91 Å². The number of nitro benzene ring substituents is 1. The molecular formula is C20H12F3N3O3S. The summed E-state index contributed by atoms with van der Waals surface area (Å²) < 4.78 is 38.8. The Labute approximate surface area is 172 Å². The van der Waals surface area contributed by atoms with Gasteiger partial charge in [0.25, 0.3) is 11.2 Å². The summed E-state index contributed by atoms with van der Waals surface area (Å²) in [7, 11) is 0. The molecule has 1 N–H and O–H groups in total. The molecule has 30 heavy (non-hydrogen) atoms. The fourth-order valence-electron chi connectivity index (χ4n) is 2.80. The first-order valence-electron chi connectivity index (χ1n) is 8.38. The lowest BCUT2D eigenvalue weighted by Crippen LogP contribution is -2.12. The zero-order chi connectivity index (χ0) is 22.1. The van der Waals surface area contributed by atoms with Gasteiger partial charge in [0, 0.05) is 22.2 Å². The Morgan fingerprint density at radius 2 is 1.90 bits per heavy atom. The van der Waals surface area contributed by atoms with Gasteiger partial charge < -0.3 is 4.98 Å². The van der Waals surface area contributed by atoms with Crippen molar-refractivity contribution in [3.05, 3.63) is 85.8 Å². The number of nitriles is 1. The Bertz CT molecular complexity index is 1250. The molecule has 1 heterocycles. The van der Waals surface area contributed by atoms with E-state index in [4.69, 9.17) is 0 Å². The van der Waals surface area contributed by atoms with Crippen molar-refractivity contribution in [3.8, 4) is 17.2 Å². The SMILES string of the molecule is Cc1cc(-c2ccc(Sc3cccc(C(F)(F)F)c3)c([N+](=O)[O-])c2)c(C#N)c(=O)[nH]1. The second kappa shape index (κ2) is 8.04. The normalized spacial score (nSPS) is 11.2. The predicted molar refractivity (Wildman–Crippen MR) is 104 cm³/mol. The van der Waals surface area contributed by atoms with E-state index in [1.54, 1.807) is 13.0 Å². The average Bonchev–Trinajstić information content (AvgIpc) is 2.67. The number of nitrogens with one attached hydrogen (secondary N) is 1. The Balaban J connectivity index is 2.08. The van der Waals surface area contributed by atoms with Crippen LogP contribution in [0.4, 0.5) is 18.9 Å². The molecule has 0 aliphatic heterocycles. The first-order valence-corrected chi connectivity index (χ1v) is 9.19. The Hall–Kier alpha value is -3.58. The molecular weight excluding hydrogens is 419 g/mol. The second-order valence-electron chi connectivity index (χ2n) is 6.25. The number of benzene rings is 2. The van der Waals surface area contributed by atoms with Crippen LogP contribution in [0.2, 0.25) is 0 Å². The molecule has 0 radical (unpaired) electrons. The van der Waals surface area contributed by atoms with Crippen molar-refractivity contribution in [1.29, 1.82) is 5.26 Å². The maximum atomic E-state index is 12.9. The summed E-state index contributed by atoms with van der Waals surface area (Å²) in [6, 6.07) is 11.9. The van der Waals surface area contributed by atoms with E-state index >= 15 is 0 Å². The van der Waals surface area contributed by atoms with Crippen LogP contribution < -0.4 is 5.56 Å². The molecule has 0 unspecified atom stereocenters. The van der Waals surface area contributed by atoms with E-state index in [1.807, 2.05) is 0 Å². The molecule has 0 aliphatic rings. The summed E-state index contributed by atoms with van der Waals surface area (Å²) >= 11 is 0.818. The summed E-state index contributed by atoms with van der Waals surface area (Å²) in [5.41, 5.74) is -1.02. The molecule has 2 aromatic carbocycles. The van der Waals surface area contributed by atoms with E-state index in [2.05, 4.69) is 4.98 Å². The zero-order valence-corrected chi connectivity index (χ0v) is 16.1. The summed E-state index contributed by atoms with van der Waals surface area (Å²) in [5.74, 6) is 0. The fraction of sp³-hybridized carbons (Fsp3) is 0.100. The lowest BCUT2D eigenvalue weighted by atomic mass is 10.0. The molecule has 0 atom stereocenters. The molecule has 0 spiro atoms. The number of aromatic nitrogens is 1. The number of rotatable bonds is 4. The second-order valence-corrected chi connectivity index (χ2v) is 7.36. The van der Waals surface area contributed by atoms with E-state index in [1.165, 1.54) is 36.4 Å². The number of nitrogens with zero attached hydrogens (tertiary/aromatic N) is 2.